The molecule has 0 spiro atoms. The van der Waals surface area contributed by atoms with Crippen molar-refractivity contribution in [2.75, 3.05) is 20.2 Å². The van der Waals surface area contributed by atoms with Crippen LogP contribution in [-0.2, 0) is 28.7 Å². The van der Waals surface area contributed by atoms with Crippen LogP contribution in [0.1, 0.15) is 136 Å². The Morgan fingerprint density at radius 3 is 1.39 bits per heavy atom. The van der Waals surface area contributed by atoms with Gasteiger partial charge in [0.15, 0.2) is 6.10 Å². The maximum absolute atomic E-state index is 13.9. The second kappa shape index (κ2) is 18.3. The van der Waals surface area contributed by atoms with Crippen molar-refractivity contribution in [1.82, 2.24) is 36.4 Å². The van der Waals surface area contributed by atoms with Gasteiger partial charge in [0.05, 0.1) is 13.2 Å². The highest BCUT2D eigenvalue weighted by Gasteiger charge is 2.71. The summed E-state index contributed by atoms with van der Waals surface area (Å²) in [5.41, 5.74) is 3.30. The van der Waals surface area contributed by atoms with E-state index >= 15 is 0 Å². The number of urea groups is 2. The Hall–Kier alpha value is -4.15. The highest BCUT2D eigenvalue weighted by molar-refractivity contribution is 5.95. The van der Waals surface area contributed by atoms with E-state index in [2.05, 4.69) is 54.3 Å². The first-order valence-corrected chi connectivity index (χ1v) is 23.1. The highest BCUT2D eigenvalue weighted by atomic mass is 16.5. The van der Waals surface area contributed by atoms with Gasteiger partial charge >= 0.3 is 18.0 Å². The van der Waals surface area contributed by atoms with Crippen LogP contribution in [0.15, 0.2) is 0 Å². The van der Waals surface area contributed by atoms with Crippen LogP contribution in [-0.4, -0.2) is 124 Å². The number of hydrogen-bond donors (Lipinski definition) is 7. The van der Waals surface area contributed by atoms with Crippen LogP contribution in [0.25, 0.3) is 0 Å². The van der Waals surface area contributed by atoms with E-state index in [0.717, 1.165) is 19.3 Å². The zero-order chi connectivity index (χ0) is 49.0. The quantitative estimate of drug-likeness (QED) is 0.150. The van der Waals surface area contributed by atoms with Crippen molar-refractivity contribution in [2.45, 2.75) is 184 Å². The van der Waals surface area contributed by atoms with Gasteiger partial charge in [0.1, 0.15) is 24.2 Å². The minimum absolute atomic E-state index is 0.0317. The number of ether oxygens (including phenoxy) is 1. The topological polar surface area (TPSA) is 242 Å². The number of nitrogens with one attached hydrogen (secondary N) is 5. The number of esters is 1. The van der Waals surface area contributed by atoms with Gasteiger partial charge in [0.2, 0.25) is 23.6 Å². The molecule has 2 saturated heterocycles. The van der Waals surface area contributed by atoms with Gasteiger partial charge in [-0.3, -0.25) is 19.2 Å². The first-order valence-electron chi connectivity index (χ1n) is 23.1. The van der Waals surface area contributed by atoms with Crippen molar-refractivity contribution in [2.24, 2.45) is 57.0 Å². The van der Waals surface area contributed by atoms with Gasteiger partial charge in [0, 0.05) is 30.1 Å². The number of hydrogen-bond acceptors (Lipinski definition) is 9. The molecule has 5 rings (SSSR count). The van der Waals surface area contributed by atoms with Crippen LogP contribution < -0.4 is 32.3 Å². The van der Waals surface area contributed by atoms with E-state index in [9.17, 15) is 38.7 Å². The van der Waals surface area contributed by atoms with Crippen LogP contribution in [0.2, 0.25) is 0 Å². The number of likely N-dealkylation sites (tertiary alicyclic amines) is 2. The molecule has 0 bridgehead atoms. The fourth-order valence-corrected chi connectivity index (χ4v) is 10.2. The lowest BCUT2D eigenvalue weighted by Gasteiger charge is -2.39. The summed E-state index contributed by atoms with van der Waals surface area (Å²) in [6.45, 7) is 31.9. The Morgan fingerprint density at radius 2 is 1.06 bits per heavy atom. The average molecular weight is 903 g/mol. The number of aliphatic hydroxyl groups is 1. The van der Waals surface area contributed by atoms with Crippen LogP contribution in [0.4, 0.5) is 9.59 Å². The lowest BCUT2D eigenvalue weighted by Crippen LogP contribution is -2.62. The van der Waals surface area contributed by atoms with E-state index in [1.54, 1.807) is 9.80 Å². The molecule has 2 unspecified atom stereocenters. The van der Waals surface area contributed by atoms with E-state index in [0.29, 0.717) is 25.4 Å². The maximum atomic E-state index is 13.9. The smallest absolute Gasteiger partial charge is 0.328 e. The average Bonchev–Trinajstić information content (AvgIpc) is 3.58. The Bertz CT molecular complexity index is 1800. The minimum atomic E-state index is -1.50. The van der Waals surface area contributed by atoms with E-state index in [-0.39, 0.29) is 58.2 Å². The Labute approximate surface area is 381 Å². The molecular formula is C47H82N8O9. The second-order valence-corrected chi connectivity index (χ2v) is 24.6. The molecule has 5 aliphatic rings. The molecule has 17 nitrogen and oxygen atoms in total. The first kappa shape index (κ1) is 52.5. The van der Waals surface area contributed by atoms with Gasteiger partial charge in [0.25, 0.3) is 0 Å². The lowest BCUT2D eigenvalue weighted by molar-refractivity contribution is -0.154. The number of rotatable bonds is 11. The summed E-state index contributed by atoms with van der Waals surface area (Å²) in [6, 6.07) is -4.58. The molecule has 2 aliphatic heterocycles. The number of carbonyl (C=O) groups is 7. The normalized spacial score (nSPS) is 27.3. The lowest BCUT2D eigenvalue weighted by atomic mass is 9.79. The molecule has 0 radical (unpaired) electrons. The summed E-state index contributed by atoms with van der Waals surface area (Å²) < 4.78 is 4.98. The maximum Gasteiger partial charge on any atom is 0.328 e. The third kappa shape index (κ3) is 11.8. The molecule has 3 saturated carbocycles. The number of primary amides is 1. The summed E-state index contributed by atoms with van der Waals surface area (Å²) in [5.74, 6) is -1.37. The van der Waals surface area contributed by atoms with E-state index < -0.39 is 76.2 Å². The first-order chi connectivity index (χ1) is 28.9. The summed E-state index contributed by atoms with van der Waals surface area (Å²) in [6.07, 6.45) is 2.03. The van der Waals surface area contributed by atoms with Gasteiger partial charge < -0.3 is 52.0 Å². The van der Waals surface area contributed by atoms with Crippen molar-refractivity contribution in [3.8, 4) is 0 Å². The summed E-state index contributed by atoms with van der Waals surface area (Å²) >= 11 is 0. The molecule has 364 valence electrons. The fraction of sp³-hybridized carbons (Fsp3) is 0.851. The number of amides is 8. The number of nitrogens with zero attached hydrogens (tertiary/aromatic N) is 2. The van der Waals surface area contributed by atoms with E-state index in [1.807, 2.05) is 83.1 Å². The van der Waals surface area contributed by atoms with Crippen LogP contribution in [0, 0.1) is 51.2 Å². The van der Waals surface area contributed by atoms with Gasteiger partial charge in [-0.15, -0.1) is 0 Å². The monoisotopic (exact) mass is 903 g/mol. The predicted molar refractivity (Wildman–Crippen MR) is 243 cm³/mol. The standard InChI is InChI=1S/C27H47N5O5.C20H35N3O4/c1-25(2,3)20(30-24(37)31-26(4,5)6)23(36)32-13-15-17(27(15,7)8)18(32)22(35)29-16(19(33)21(28)34)12-14-10-9-11-14;1-18(2,3)14(21-17(26)22-19(4,5)6)15(24)23-10-11-12(20(11,7)8)13(23)16(25)27-9/h14-20,33H,9-13H2,1-8H3,(H2,28,34)(H,29,35)(H2,30,31,37);11-14H,10H2,1-9H3,(H2,21,22,26)/t15-,16?,17-,18-,19?,20+;11-,12-,13-,14+/m00/s1. The van der Waals surface area contributed by atoms with Crippen molar-refractivity contribution in [1.29, 1.82) is 0 Å². The molecule has 0 aromatic carbocycles. The van der Waals surface area contributed by atoms with Gasteiger partial charge in [-0.05, 0) is 93.3 Å². The van der Waals surface area contributed by atoms with Crippen LogP contribution >= 0.6 is 0 Å². The molecule has 3 aliphatic carbocycles. The zero-order valence-electron chi connectivity index (χ0n) is 41.8. The molecule has 17 heteroatoms. The Kier molecular flexibility index (Phi) is 15.0. The van der Waals surface area contributed by atoms with Gasteiger partial charge in [-0.25, -0.2) is 14.4 Å². The van der Waals surface area contributed by atoms with Crippen molar-refractivity contribution in [3.63, 3.8) is 0 Å². The van der Waals surface area contributed by atoms with Crippen molar-refractivity contribution in [3.05, 3.63) is 0 Å². The highest BCUT2D eigenvalue weighted by Crippen LogP contribution is 2.66. The molecule has 0 aromatic heterocycles. The Balaban J connectivity index is 0.000000295. The zero-order valence-corrected chi connectivity index (χ0v) is 41.8. The van der Waals surface area contributed by atoms with E-state index in [4.69, 9.17) is 10.5 Å². The molecule has 0 aromatic rings. The predicted octanol–water partition coefficient (Wildman–Crippen LogP) is 3.66. The molecule has 5 fully saturated rings. The molecule has 8 amide bonds. The SMILES string of the molecule is CC(C)(C)NC(=O)N[C@H](C(=O)N1C[C@H]2[C@@H]([C@H]1C(=O)NC(CC1CCC1)C(O)C(N)=O)C2(C)C)C(C)(C)C.COC(=O)[C@@H]1[C@@H]2[C@H](CN1C(=O)[C@@H](NC(=O)NC(C)(C)C)C(C)(C)C)C2(C)C. The molecule has 2 heterocycles. The summed E-state index contributed by atoms with van der Waals surface area (Å²) in [7, 11) is 1.35. The summed E-state index contributed by atoms with van der Waals surface area (Å²) in [4.78, 5) is 93.5. The minimum Gasteiger partial charge on any atom is -0.467 e. The largest absolute Gasteiger partial charge is 0.467 e. The molecular weight excluding hydrogens is 821 g/mol. The molecule has 10 atom stereocenters. The van der Waals surface area contributed by atoms with Crippen LogP contribution in [0.3, 0.4) is 0 Å². The number of carbonyl (C=O) groups excluding carboxylic acids is 7. The number of nitrogens with two attached hydrogens (primary N) is 1. The number of piperidine rings is 2. The third-order valence-corrected chi connectivity index (χ3v) is 14.3. The second-order valence-electron chi connectivity index (χ2n) is 24.6. The van der Waals surface area contributed by atoms with Crippen molar-refractivity contribution < 1.29 is 43.4 Å². The van der Waals surface area contributed by atoms with Crippen molar-refractivity contribution >= 4 is 41.7 Å². The van der Waals surface area contributed by atoms with E-state index in [1.165, 1.54) is 7.11 Å². The third-order valence-electron chi connectivity index (χ3n) is 14.3. The molecule has 64 heavy (non-hydrogen) atoms. The number of fused-ring (bicyclic) bond motifs is 2. The van der Waals surface area contributed by atoms with Gasteiger partial charge in [-0.2, -0.15) is 0 Å². The van der Waals surface area contributed by atoms with Crippen LogP contribution in [0.5, 0.6) is 0 Å². The Morgan fingerprint density at radius 1 is 0.672 bits per heavy atom. The van der Waals surface area contributed by atoms with Gasteiger partial charge in [-0.1, -0.05) is 88.5 Å². The fourth-order valence-electron chi connectivity index (χ4n) is 10.2. The number of aliphatic hydroxyl groups excluding tert-OH is 1. The molecule has 8 N–H and O–H groups in total. The number of methoxy groups -OCH3 is 1. The summed E-state index contributed by atoms with van der Waals surface area (Å²) in [5, 5.41) is 24.7.